The van der Waals surface area contributed by atoms with Crippen molar-refractivity contribution in [1.82, 2.24) is 4.90 Å². The van der Waals surface area contributed by atoms with Crippen molar-refractivity contribution in [3.8, 4) is 0 Å². The molecule has 1 N–H and O–H groups in total. The minimum atomic E-state index is -0.774. The number of hydrogen-bond donors (Lipinski definition) is 1. The lowest BCUT2D eigenvalue weighted by Crippen LogP contribution is -2.30. The Morgan fingerprint density at radius 2 is 2.05 bits per heavy atom. The third-order valence-electron chi connectivity index (χ3n) is 3.50. The number of furan rings is 1. The quantitative estimate of drug-likeness (QED) is 0.898. The van der Waals surface area contributed by atoms with Crippen LogP contribution in [-0.2, 0) is 4.79 Å². The number of carboxylic acid groups (broad SMARTS) is 1. The molecule has 1 aromatic carbocycles. The number of rotatable bonds is 5. The van der Waals surface area contributed by atoms with Crippen LogP contribution in [0.25, 0.3) is 11.0 Å². The van der Waals surface area contributed by atoms with E-state index in [0.29, 0.717) is 6.54 Å². The molecule has 0 bridgehead atoms. The number of nitrogens with zero attached hydrogens (tertiary/aromatic N) is 1. The molecule has 0 fully saturated rings. The fraction of sp³-hybridized carbons (Fsp3) is 0.400. The summed E-state index contributed by atoms with van der Waals surface area (Å²) in [5, 5.41) is 10.0. The highest BCUT2D eigenvalue weighted by Gasteiger charge is 2.20. The molecule has 0 amide bonds. The molecular formula is C15H19NO3. The van der Waals surface area contributed by atoms with Crippen LogP contribution < -0.4 is 0 Å². The van der Waals surface area contributed by atoms with Gasteiger partial charge in [-0.15, -0.1) is 0 Å². The molecule has 0 spiro atoms. The summed E-state index contributed by atoms with van der Waals surface area (Å²) in [6.07, 6.45) is 0. The third-order valence-corrected chi connectivity index (χ3v) is 3.50. The molecule has 0 saturated heterocycles. The highest BCUT2D eigenvalue weighted by molar-refractivity contribution is 5.77. The van der Waals surface area contributed by atoms with Crippen molar-refractivity contribution in [2.75, 3.05) is 13.6 Å². The van der Waals surface area contributed by atoms with Gasteiger partial charge in [0.1, 0.15) is 11.3 Å². The normalized spacial score (nSPS) is 14.7. The van der Waals surface area contributed by atoms with Gasteiger partial charge in [-0.25, -0.2) is 0 Å². The molecule has 1 aromatic heterocycles. The van der Waals surface area contributed by atoms with Gasteiger partial charge in [-0.2, -0.15) is 0 Å². The van der Waals surface area contributed by atoms with E-state index in [1.54, 1.807) is 6.92 Å². The summed E-state index contributed by atoms with van der Waals surface area (Å²) in [7, 11) is 1.91. The lowest BCUT2D eigenvalue weighted by molar-refractivity contribution is -0.141. The number of para-hydroxylation sites is 1. The van der Waals surface area contributed by atoms with E-state index in [9.17, 15) is 4.79 Å². The van der Waals surface area contributed by atoms with Crippen LogP contribution in [0, 0.1) is 5.92 Å². The van der Waals surface area contributed by atoms with Gasteiger partial charge in [0.25, 0.3) is 0 Å². The molecule has 4 nitrogen and oxygen atoms in total. The van der Waals surface area contributed by atoms with Crippen LogP contribution in [0.2, 0.25) is 0 Å². The van der Waals surface area contributed by atoms with Gasteiger partial charge in [0.05, 0.1) is 12.0 Å². The molecule has 4 heteroatoms. The number of benzene rings is 1. The first-order valence-corrected chi connectivity index (χ1v) is 6.40. The molecule has 0 saturated carbocycles. The van der Waals surface area contributed by atoms with Gasteiger partial charge in [-0.1, -0.05) is 25.1 Å². The Morgan fingerprint density at radius 3 is 2.68 bits per heavy atom. The number of carboxylic acids is 1. The molecule has 2 atom stereocenters. The van der Waals surface area contributed by atoms with Crippen LogP contribution in [0.4, 0.5) is 0 Å². The van der Waals surface area contributed by atoms with Gasteiger partial charge in [-0.05, 0) is 26.1 Å². The molecule has 19 heavy (non-hydrogen) atoms. The second kappa shape index (κ2) is 5.45. The molecule has 102 valence electrons. The van der Waals surface area contributed by atoms with E-state index in [1.807, 2.05) is 49.2 Å². The average molecular weight is 261 g/mol. The summed E-state index contributed by atoms with van der Waals surface area (Å²) >= 11 is 0. The molecule has 2 rings (SSSR count). The Balaban J connectivity index is 2.14. The van der Waals surface area contributed by atoms with Crippen LogP contribution in [0.5, 0.6) is 0 Å². The molecule has 2 unspecified atom stereocenters. The van der Waals surface area contributed by atoms with E-state index in [2.05, 4.69) is 0 Å². The van der Waals surface area contributed by atoms with Crippen molar-refractivity contribution in [2.45, 2.75) is 19.9 Å². The van der Waals surface area contributed by atoms with Gasteiger partial charge < -0.3 is 9.52 Å². The van der Waals surface area contributed by atoms with Crippen LogP contribution in [0.3, 0.4) is 0 Å². The Morgan fingerprint density at radius 1 is 1.37 bits per heavy atom. The van der Waals surface area contributed by atoms with Crippen LogP contribution in [0.1, 0.15) is 25.6 Å². The molecule has 2 aromatic rings. The maximum atomic E-state index is 10.9. The summed E-state index contributed by atoms with van der Waals surface area (Å²) < 4.78 is 5.80. The SMILES string of the molecule is CC(CN(C)C(C)c1cc2ccccc2o1)C(=O)O. The third kappa shape index (κ3) is 2.96. The Labute approximate surface area is 112 Å². The van der Waals surface area contributed by atoms with E-state index in [4.69, 9.17) is 9.52 Å². The van der Waals surface area contributed by atoms with Gasteiger partial charge >= 0.3 is 5.97 Å². The maximum Gasteiger partial charge on any atom is 0.307 e. The van der Waals surface area contributed by atoms with Crippen LogP contribution in [0.15, 0.2) is 34.7 Å². The van der Waals surface area contributed by atoms with Gasteiger partial charge in [0.15, 0.2) is 0 Å². The monoisotopic (exact) mass is 261 g/mol. The molecule has 0 aliphatic rings. The largest absolute Gasteiger partial charge is 0.481 e. The summed E-state index contributed by atoms with van der Waals surface area (Å²) in [5.74, 6) is -0.304. The van der Waals surface area contributed by atoms with Crippen molar-refractivity contribution in [1.29, 1.82) is 0 Å². The highest BCUT2D eigenvalue weighted by atomic mass is 16.4. The lowest BCUT2D eigenvalue weighted by atomic mass is 10.1. The Bertz CT molecular complexity index is 543. The average Bonchev–Trinajstić information content (AvgIpc) is 2.81. The van der Waals surface area contributed by atoms with E-state index in [0.717, 1.165) is 16.7 Å². The fourth-order valence-electron chi connectivity index (χ4n) is 2.09. The number of hydrogen-bond acceptors (Lipinski definition) is 3. The van der Waals surface area contributed by atoms with Gasteiger partial charge in [0.2, 0.25) is 0 Å². The van der Waals surface area contributed by atoms with Gasteiger partial charge in [0, 0.05) is 11.9 Å². The standard InChI is InChI=1S/C15H19NO3/c1-10(15(17)18)9-16(3)11(2)14-8-12-6-4-5-7-13(12)19-14/h4-8,10-11H,9H2,1-3H3,(H,17,18). The van der Waals surface area contributed by atoms with E-state index < -0.39 is 11.9 Å². The predicted molar refractivity (Wildman–Crippen MR) is 74.1 cm³/mol. The topological polar surface area (TPSA) is 53.7 Å². The molecular weight excluding hydrogens is 242 g/mol. The second-order valence-electron chi connectivity index (χ2n) is 5.04. The number of carbonyl (C=O) groups is 1. The van der Waals surface area contributed by atoms with E-state index in [1.165, 1.54) is 0 Å². The first kappa shape index (κ1) is 13.6. The van der Waals surface area contributed by atoms with E-state index in [-0.39, 0.29) is 6.04 Å². The Hall–Kier alpha value is -1.81. The summed E-state index contributed by atoms with van der Waals surface area (Å²) in [5.41, 5.74) is 0.865. The number of fused-ring (bicyclic) bond motifs is 1. The summed E-state index contributed by atoms with van der Waals surface area (Å²) in [6.45, 7) is 4.23. The minimum Gasteiger partial charge on any atom is -0.481 e. The first-order chi connectivity index (χ1) is 8.99. The highest BCUT2D eigenvalue weighted by Crippen LogP contribution is 2.26. The summed E-state index contributed by atoms with van der Waals surface area (Å²) in [4.78, 5) is 12.9. The smallest absolute Gasteiger partial charge is 0.307 e. The predicted octanol–water partition coefficient (Wildman–Crippen LogP) is 3.15. The maximum absolute atomic E-state index is 10.9. The van der Waals surface area contributed by atoms with Gasteiger partial charge in [-0.3, -0.25) is 9.69 Å². The molecule has 0 radical (unpaired) electrons. The van der Waals surface area contributed by atoms with E-state index >= 15 is 0 Å². The second-order valence-corrected chi connectivity index (χ2v) is 5.04. The van der Waals surface area contributed by atoms with Crippen molar-refractivity contribution in [3.05, 3.63) is 36.1 Å². The first-order valence-electron chi connectivity index (χ1n) is 6.40. The van der Waals surface area contributed by atoms with Crippen molar-refractivity contribution < 1.29 is 14.3 Å². The van der Waals surface area contributed by atoms with Crippen LogP contribution in [-0.4, -0.2) is 29.6 Å². The van der Waals surface area contributed by atoms with Crippen molar-refractivity contribution in [2.24, 2.45) is 5.92 Å². The zero-order valence-corrected chi connectivity index (χ0v) is 11.5. The number of aliphatic carboxylic acids is 1. The Kier molecular flexibility index (Phi) is 3.90. The summed E-state index contributed by atoms with van der Waals surface area (Å²) in [6, 6.07) is 9.93. The van der Waals surface area contributed by atoms with Crippen LogP contribution >= 0.6 is 0 Å². The zero-order valence-electron chi connectivity index (χ0n) is 11.5. The molecule has 1 heterocycles. The zero-order chi connectivity index (χ0) is 14.0. The van der Waals surface area contributed by atoms with Crippen molar-refractivity contribution in [3.63, 3.8) is 0 Å². The molecule has 0 aliphatic heterocycles. The fourth-order valence-corrected chi connectivity index (χ4v) is 2.09. The molecule has 0 aliphatic carbocycles. The van der Waals surface area contributed by atoms with Crippen molar-refractivity contribution >= 4 is 16.9 Å². The lowest BCUT2D eigenvalue weighted by Gasteiger charge is -2.24. The minimum absolute atomic E-state index is 0.0502.